The van der Waals surface area contributed by atoms with Gasteiger partial charge in [0, 0.05) is 31.6 Å². The maximum atomic E-state index is 15.2. The molecule has 1 aromatic carbocycles. The van der Waals surface area contributed by atoms with Crippen LogP contribution in [-0.2, 0) is 42.2 Å². The molecule has 0 unspecified atom stereocenters. The molecule has 0 saturated carbocycles. The van der Waals surface area contributed by atoms with E-state index in [9.17, 15) is 22.8 Å². The van der Waals surface area contributed by atoms with Gasteiger partial charge in [-0.2, -0.15) is 0 Å². The van der Waals surface area contributed by atoms with Gasteiger partial charge in [-0.1, -0.05) is 18.2 Å². The van der Waals surface area contributed by atoms with Crippen molar-refractivity contribution in [2.45, 2.75) is 55.6 Å². The van der Waals surface area contributed by atoms with Crippen molar-refractivity contribution in [1.29, 1.82) is 0 Å². The zero-order valence-electron chi connectivity index (χ0n) is 16.3. The predicted molar refractivity (Wildman–Crippen MR) is 103 cm³/mol. The molecule has 12 heteroatoms. The standard InChI is InChI=1S/C18H21FO9S2/c1-10(20)25-9-14-16(26-11(2)21)17(27-12(3)22)15(19)18(28-14)29-30(23,24)13-7-5-4-6-8-13/h4-8,14-18H,9H2,1-3H3/t14-,15-,16+,17-,18+/m1/s1. The van der Waals surface area contributed by atoms with Crippen molar-refractivity contribution in [3.05, 3.63) is 30.3 Å². The first-order valence-corrected chi connectivity index (χ1v) is 11.6. The minimum absolute atomic E-state index is 0.0755. The number of carbonyl (C=O) groups is 3. The van der Waals surface area contributed by atoms with Crippen LogP contribution in [0.5, 0.6) is 0 Å². The lowest BCUT2D eigenvalue weighted by Gasteiger charge is -2.41. The van der Waals surface area contributed by atoms with Crippen LogP contribution >= 0.6 is 10.8 Å². The fraction of sp³-hybridized carbons (Fsp3) is 0.500. The highest BCUT2D eigenvalue weighted by molar-refractivity contribution is 8.72. The van der Waals surface area contributed by atoms with E-state index in [0.29, 0.717) is 0 Å². The molecule has 1 saturated heterocycles. The average molecular weight is 464 g/mol. The summed E-state index contributed by atoms with van der Waals surface area (Å²) in [4.78, 5) is 34.1. The maximum Gasteiger partial charge on any atom is 0.303 e. The third kappa shape index (κ3) is 6.41. The Hall–Kier alpha value is -2.18. The van der Waals surface area contributed by atoms with Crippen LogP contribution in [0, 0.1) is 0 Å². The average Bonchev–Trinajstić information content (AvgIpc) is 2.65. The summed E-state index contributed by atoms with van der Waals surface area (Å²) in [7, 11) is -3.87. The van der Waals surface area contributed by atoms with Crippen molar-refractivity contribution in [2.24, 2.45) is 0 Å². The Morgan fingerprint density at radius 2 is 1.57 bits per heavy atom. The number of halogens is 1. The van der Waals surface area contributed by atoms with E-state index in [0.717, 1.165) is 20.8 Å². The highest BCUT2D eigenvalue weighted by Crippen LogP contribution is 2.38. The first kappa shape index (κ1) is 24.1. The third-order valence-electron chi connectivity index (χ3n) is 3.88. The van der Waals surface area contributed by atoms with Gasteiger partial charge >= 0.3 is 17.9 Å². The molecule has 166 valence electrons. The zero-order chi connectivity index (χ0) is 22.5. The van der Waals surface area contributed by atoms with Crippen LogP contribution < -0.4 is 0 Å². The molecule has 5 atom stereocenters. The summed E-state index contributed by atoms with van der Waals surface area (Å²) >= 11 is 0. The van der Waals surface area contributed by atoms with Gasteiger partial charge in [0.25, 0.3) is 0 Å². The molecule has 30 heavy (non-hydrogen) atoms. The van der Waals surface area contributed by atoms with Crippen LogP contribution in [0.2, 0.25) is 0 Å². The summed E-state index contributed by atoms with van der Waals surface area (Å²) in [6.07, 6.45) is -6.53. The predicted octanol–water partition coefficient (Wildman–Crippen LogP) is 1.60. The summed E-state index contributed by atoms with van der Waals surface area (Å²) in [6, 6.07) is 7.29. The summed E-state index contributed by atoms with van der Waals surface area (Å²) in [5.41, 5.74) is -1.65. The summed E-state index contributed by atoms with van der Waals surface area (Å²) in [5.74, 6) is -2.38. The van der Waals surface area contributed by atoms with Crippen molar-refractivity contribution in [3.8, 4) is 0 Å². The first-order chi connectivity index (χ1) is 14.0. The molecule has 9 nitrogen and oxygen atoms in total. The van der Waals surface area contributed by atoms with Crippen LogP contribution in [0.4, 0.5) is 4.39 Å². The van der Waals surface area contributed by atoms with E-state index in [-0.39, 0.29) is 15.7 Å². The number of esters is 3. The van der Waals surface area contributed by atoms with Gasteiger partial charge in [0.1, 0.15) is 12.7 Å². The van der Waals surface area contributed by atoms with E-state index in [4.69, 9.17) is 18.9 Å². The van der Waals surface area contributed by atoms with Gasteiger partial charge in [-0.25, -0.2) is 12.8 Å². The van der Waals surface area contributed by atoms with Gasteiger partial charge in [0.2, 0.25) is 8.87 Å². The number of hydrogen-bond donors (Lipinski definition) is 0. The molecule has 0 bridgehead atoms. The van der Waals surface area contributed by atoms with Gasteiger partial charge in [-0.15, -0.1) is 0 Å². The number of rotatable bonds is 7. The van der Waals surface area contributed by atoms with Crippen LogP contribution in [-0.4, -0.2) is 62.9 Å². The molecule has 1 aromatic rings. The molecule has 0 radical (unpaired) electrons. The van der Waals surface area contributed by atoms with E-state index in [2.05, 4.69) is 0 Å². The molecule has 1 heterocycles. The second-order valence-electron chi connectivity index (χ2n) is 6.30. The maximum absolute atomic E-state index is 15.2. The smallest absolute Gasteiger partial charge is 0.303 e. The van der Waals surface area contributed by atoms with Crippen LogP contribution in [0.25, 0.3) is 0 Å². The second kappa shape index (κ2) is 10.2. The third-order valence-corrected chi connectivity index (χ3v) is 7.45. The summed E-state index contributed by atoms with van der Waals surface area (Å²) in [6.45, 7) is 2.73. The normalized spacial score (nSPS) is 26.5. The highest BCUT2D eigenvalue weighted by Gasteiger charge is 2.52. The molecule has 1 aliphatic rings. The molecule has 0 aromatic heterocycles. The zero-order valence-corrected chi connectivity index (χ0v) is 18.0. The minimum atomic E-state index is -4.04. The molecule has 0 spiro atoms. The molecule has 1 fully saturated rings. The van der Waals surface area contributed by atoms with Crippen molar-refractivity contribution in [3.63, 3.8) is 0 Å². The second-order valence-corrected chi connectivity index (χ2v) is 10.2. The van der Waals surface area contributed by atoms with Gasteiger partial charge < -0.3 is 18.9 Å². The molecule has 0 aliphatic carbocycles. The summed E-state index contributed by atoms with van der Waals surface area (Å²) in [5, 5.41) is 0. The van der Waals surface area contributed by atoms with Gasteiger partial charge in [-0.3, -0.25) is 14.4 Å². The number of carbonyl (C=O) groups excluding carboxylic acids is 3. The van der Waals surface area contributed by atoms with Crippen molar-refractivity contribution >= 4 is 37.6 Å². The number of benzene rings is 1. The van der Waals surface area contributed by atoms with Crippen LogP contribution in [0.1, 0.15) is 20.8 Å². The first-order valence-electron chi connectivity index (χ1n) is 8.77. The van der Waals surface area contributed by atoms with Crippen molar-refractivity contribution < 1.29 is 46.1 Å². The lowest BCUT2D eigenvalue weighted by molar-refractivity contribution is -0.221. The van der Waals surface area contributed by atoms with E-state index < -0.39 is 63.3 Å². The van der Waals surface area contributed by atoms with E-state index >= 15 is 4.39 Å². The number of alkyl halides is 1. The molecule has 0 N–H and O–H groups in total. The van der Waals surface area contributed by atoms with Crippen LogP contribution in [0.3, 0.4) is 0 Å². The van der Waals surface area contributed by atoms with Gasteiger partial charge in [0.05, 0.1) is 4.90 Å². The summed E-state index contributed by atoms with van der Waals surface area (Å²) < 4.78 is 60.9. The van der Waals surface area contributed by atoms with Gasteiger partial charge in [0.15, 0.2) is 23.8 Å². The molecular formula is C18H21FO9S2. The van der Waals surface area contributed by atoms with E-state index in [1.807, 2.05) is 0 Å². The molecule has 2 rings (SSSR count). The largest absolute Gasteiger partial charge is 0.463 e. The Labute approximate surface area is 176 Å². The Kier molecular flexibility index (Phi) is 8.21. The Balaban J connectivity index is 2.35. The topological polar surface area (TPSA) is 122 Å². The SMILES string of the molecule is CC(=O)OC[C@H]1O[C@@H](SS(=O)(=O)c2ccccc2)[C@H](F)[C@@H](OC(C)=O)[C@H]1OC(C)=O. The Morgan fingerprint density at radius 1 is 1.00 bits per heavy atom. The van der Waals surface area contributed by atoms with Crippen molar-refractivity contribution in [1.82, 2.24) is 0 Å². The molecular weight excluding hydrogens is 443 g/mol. The lowest BCUT2D eigenvalue weighted by atomic mass is 10.0. The molecule has 0 amide bonds. The highest BCUT2D eigenvalue weighted by atomic mass is 33.1. The number of hydrogen-bond acceptors (Lipinski definition) is 10. The van der Waals surface area contributed by atoms with Crippen molar-refractivity contribution in [2.75, 3.05) is 6.61 Å². The van der Waals surface area contributed by atoms with E-state index in [1.165, 1.54) is 24.3 Å². The monoisotopic (exact) mass is 464 g/mol. The van der Waals surface area contributed by atoms with Gasteiger partial charge in [-0.05, 0) is 12.1 Å². The minimum Gasteiger partial charge on any atom is -0.463 e. The Bertz CT molecular complexity index is 875. The number of ether oxygens (including phenoxy) is 4. The Morgan fingerprint density at radius 3 is 2.10 bits per heavy atom. The van der Waals surface area contributed by atoms with Crippen LogP contribution in [0.15, 0.2) is 35.2 Å². The fourth-order valence-electron chi connectivity index (χ4n) is 2.71. The molecule has 1 aliphatic heterocycles. The fourth-order valence-corrected chi connectivity index (χ4v) is 5.88. The quantitative estimate of drug-likeness (QED) is 0.334. The van der Waals surface area contributed by atoms with E-state index in [1.54, 1.807) is 6.07 Å². The lowest BCUT2D eigenvalue weighted by Crippen LogP contribution is -2.59.